The molecule has 0 spiro atoms. The Morgan fingerprint density at radius 1 is 1.06 bits per heavy atom. The minimum atomic E-state index is -0.939. The molecule has 1 aliphatic carbocycles. The van der Waals surface area contributed by atoms with Crippen LogP contribution >= 0.6 is 11.3 Å². The number of rotatable bonds is 12. The number of anilines is 1. The van der Waals surface area contributed by atoms with E-state index in [2.05, 4.69) is 30.8 Å². The summed E-state index contributed by atoms with van der Waals surface area (Å²) in [6.45, 7) is 11.1. The van der Waals surface area contributed by atoms with E-state index in [1.807, 2.05) is 6.92 Å². The van der Waals surface area contributed by atoms with Crippen LogP contribution < -0.4 is 10.6 Å². The fourth-order valence-corrected chi connectivity index (χ4v) is 6.31. The van der Waals surface area contributed by atoms with Gasteiger partial charge in [0.25, 0.3) is 5.91 Å². The molecule has 274 valence electrons. The fraction of sp³-hybridized carbons (Fsp3) is 0.500. The van der Waals surface area contributed by atoms with E-state index in [9.17, 15) is 23.2 Å². The number of nitrogens with one attached hydrogen (secondary N) is 2. The normalized spacial score (nSPS) is 16.9. The molecule has 4 heterocycles. The smallest absolute Gasteiger partial charge is 0.408 e. The Bertz CT molecular complexity index is 1840. The zero-order valence-corrected chi connectivity index (χ0v) is 30.1. The molecule has 5 rings (SSSR count). The van der Waals surface area contributed by atoms with E-state index < -0.39 is 41.4 Å². The van der Waals surface area contributed by atoms with Gasteiger partial charge < -0.3 is 24.8 Å². The van der Waals surface area contributed by atoms with Gasteiger partial charge in [-0.1, -0.05) is 13.8 Å². The molecule has 2 N–H and O–H groups in total. The molecule has 14 nitrogen and oxygen atoms in total. The van der Waals surface area contributed by atoms with Gasteiger partial charge in [-0.3, -0.25) is 9.48 Å². The molecule has 0 unspecified atom stereocenters. The van der Waals surface area contributed by atoms with Crippen LogP contribution in [0.4, 0.5) is 19.3 Å². The number of ether oxygens (including phenoxy) is 3. The number of hydrogen-bond donors (Lipinski definition) is 2. The summed E-state index contributed by atoms with van der Waals surface area (Å²) < 4.78 is 48.5. The number of nitrogens with zero attached hydrogens (tertiary/aromatic N) is 6. The number of amides is 2. The number of carbonyl (C=O) groups is 3. The lowest BCUT2D eigenvalue weighted by Crippen LogP contribution is -2.47. The standard InChI is InChI=1S/C34H42F2N8O6S/c1-7-48-22-10-8-21(9-11-22)44-16-24(29(42-44)28-23(35)12-13-26(36)40-28)38-30(45)25-17-51-31(39-25)20-14-37-43(15-20)18-49-32(46)27(19(2)3)41-33(47)50-34(4,5)6/h12-17,19,21-22,27H,7-11,18H2,1-6H3,(H,38,45)(H,41,47)/t21-,22-,27-/m0/s1. The number of pyridine rings is 1. The van der Waals surface area contributed by atoms with Gasteiger partial charge in [-0.15, -0.1) is 11.3 Å². The molecule has 0 aliphatic heterocycles. The van der Waals surface area contributed by atoms with Crippen LogP contribution in [0.5, 0.6) is 0 Å². The van der Waals surface area contributed by atoms with Crippen LogP contribution in [-0.4, -0.2) is 71.9 Å². The highest BCUT2D eigenvalue weighted by atomic mass is 32.1. The summed E-state index contributed by atoms with van der Waals surface area (Å²) in [4.78, 5) is 46.6. The zero-order chi connectivity index (χ0) is 36.9. The van der Waals surface area contributed by atoms with Gasteiger partial charge in [0, 0.05) is 29.9 Å². The van der Waals surface area contributed by atoms with Crippen molar-refractivity contribution in [3.63, 3.8) is 0 Å². The Hall–Kier alpha value is -4.77. The van der Waals surface area contributed by atoms with Crippen LogP contribution in [0, 0.1) is 17.7 Å². The molecule has 4 aromatic heterocycles. The number of alkyl carbamates (subject to hydrolysis) is 1. The summed E-state index contributed by atoms with van der Waals surface area (Å²) in [6.07, 6.45) is 7.33. The van der Waals surface area contributed by atoms with Crippen molar-refractivity contribution < 1.29 is 37.4 Å². The Kier molecular flexibility index (Phi) is 11.8. The van der Waals surface area contributed by atoms with Crippen LogP contribution in [0.3, 0.4) is 0 Å². The number of halogens is 2. The average molecular weight is 729 g/mol. The van der Waals surface area contributed by atoms with Crippen molar-refractivity contribution in [2.45, 2.75) is 97.7 Å². The Morgan fingerprint density at radius 2 is 1.80 bits per heavy atom. The van der Waals surface area contributed by atoms with Crippen LogP contribution in [0.1, 0.15) is 83.8 Å². The van der Waals surface area contributed by atoms with E-state index in [0.717, 1.165) is 37.8 Å². The monoisotopic (exact) mass is 728 g/mol. The summed E-state index contributed by atoms with van der Waals surface area (Å²) in [5.74, 6) is -3.18. The third-order valence-corrected chi connectivity index (χ3v) is 8.88. The predicted octanol–water partition coefficient (Wildman–Crippen LogP) is 6.37. The molecule has 0 radical (unpaired) electrons. The first kappa shape index (κ1) is 37.5. The quantitative estimate of drug-likeness (QED) is 0.124. The van der Waals surface area contributed by atoms with Crippen molar-refractivity contribution in [3.05, 3.63) is 53.6 Å². The number of thiazole rings is 1. The third kappa shape index (κ3) is 9.72. The zero-order valence-electron chi connectivity index (χ0n) is 29.3. The van der Waals surface area contributed by atoms with Crippen LogP contribution in [0.25, 0.3) is 22.0 Å². The maximum Gasteiger partial charge on any atom is 0.408 e. The van der Waals surface area contributed by atoms with Crippen molar-refractivity contribution in [1.82, 2.24) is 34.8 Å². The summed E-state index contributed by atoms with van der Waals surface area (Å²) >= 11 is 1.19. The number of hydrogen-bond acceptors (Lipinski definition) is 11. The molecule has 0 aromatic carbocycles. The van der Waals surface area contributed by atoms with Gasteiger partial charge >= 0.3 is 12.1 Å². The molecule has 0 bridgehead atoms. The fourth-order valence-electron chi connectivity index (χ4n) is 5.54. The molecule has 1 aliphatic rings. The van der Waals surface area contributed by atoms with Gasteiger partial charge in [-0.25, -0.2) is 28.6 Å². The molecule has 1 atom stereocenters. The molecule has 1 fully saturated rings. The summed E-state index contributed by atoms with van der Waals surface area (Å²) in [6, 6.07) is 0.916. The summed E-state index contributed by atoms with van der Waals surface area (Å²) in [5.41, 5.74) is -0.254. The van der Waals surface area contributed by atoms with Crippen molar-refractivity contribution in [2.75, 3.05) is 11.9 Å². The number of esters is 1. The van der Waals surface area contributed by atoms with E-state index in [1.165, 1.54) is 22.2 Å². The van der Waals surface area contributed by atoms with Gasteiger partial charge in [-0.2, -0.15) is 14.6 Å². The maximum atomic E-state index is 14.9. The van der Waals surface area contributed by atoms with E-state index in [4.69, 9.17) is 14.2 Å². The third-order valence-electron chi connectivity index (χ3n) is 7.99. The molecule has 1 saturated carbocycles. The van der Waals surface area contributed by atoms with Gasteiger partial charge in [0.1, 0.15) is 33.7 Å². The van der Waals surface area contributed by atoms with Crippen LogP contribution in [0.15, 0.2) is 36.1 Å². The van der Waals surface area contributed by atoms with Crippen LogP contribution in [0.2, 0.25) is 0 Å². The molecule has 2 amide bonds. The largest absolute Gasteiger partial charge is 0.444 e. The Balaban J connectivity index is 1.26. The van der Waals surface area contributed by atoms with E-state index in [1.54, 1.807) is 57.1 Å². The SMILES string of the molecule is CCO[C@H]1CC[C@H](n2cc(NC(=O)c3csc(-c4cnn(COC(=O)[C@@H](NC(=O)OC(C)(C)C)C(C)C)c4)n3)c(-c3nc(F)ccc3F)n2)CC1. The van der Waals surface area contributed by atoms with Gasteiger partial charge in [0.05, 0.1) is 24.0 Å². The van der Waals surface area contributed by atoms with E-state index in [-0.39, 0.29) is 47.6 Å². The van der Waals surface area contributed by atoms with E-state index in [0.29, 0.717) is 17.2 Å². The number of aromatic nitrogens is 6. The van der Waals surface area contributed by atoms with E-state index >= 15 is 0 Å². The molecular weight excluding hydrogens is 686 g/mol. The second-order valence-corrected chi connectivity index (χ2v) is 14.3. The lowest BCUT2D eigenvalue weighted by molar-refractivity contribution is -0.151. The lowest BCUT2D eigenvalue weighted by Gasteiger charge is -2.28. The summed E-state index contributed by atoms with van der Waals surface area (Å²) in [5, 5.41) is 16.1. The summed E-state index contributed by atoms with van der Waals surface area (Å²) in [7, 11) is 0. The minimum absolute atomic E-state index is 0.000409. The lowest BCUT2D eigenvalue weighted by atomic mass is 9.93. The van der Waals surface area contributed by atoms with Crippen LogP contribution in [-0.2, 0) is 25.7 Å². The first-order valence-electron chi connectivity index (χ1n) is 16.7. The first-order valence-corrected chi connectivity index (χ1v) is 17.6. The minimum Gasteiger partial charge on any atom is -0.444 e. The Labute approximate surface area is 297 Å². The molecule has 0 saturated heterocycles. The molecule has 51 heavy (non-hydrogen) atoms. The second-order valence-electron chi connectivity index (χ2n) is 13.4. The first-order chi connectivity index (χ1) is 24.2. The number of carbonyl (C=O) groups excluding carboxylic acids is 3. The Morgan fingerprint density at radius 3 is 2.49 bits per heavy atom. The maximum absolute atomic E-state index is 14.9. The highest BCUT2D eigenvalue weighted by molar-refractivity contribution is 7.13. The van der Waals surface area contributed by atoms with Gasteiger partial charge in [-0.05, 0) is 71.4 Å². The average Bonchev–Trinajstić information content (AvgIpc) is 3.84. The highest BCUT2D eigenvalue weighted by Gasteiger charge is 2.29. The second kappa shape index (κ2) is 16.1. The van der Waals surface area contributed by atoms with Crippen molar-refractivity contribution in [1.29, 1.82) is 0 Å². The van der Waals surface area contributed by atoms with Crippen molar-refractivity contribution >= 4 is 35.0 Å². The molecular formula is C34H42F2N8O6S. The highest BCUT2D eigenvalue weighted by Crippen LogP contribution is 2.35. The van der Waals surface area contributed by atoms with Crippen molar-refractivity contribution in [2.24, 2.45) is 5.92 Å². The topological polar surface area (TPSA) is 164 Å². The van der Waals surface area contributed by atoms with Gasteiger partial charge in [0.2, 0.25) is 5.95 Å². The molecule has 17 heteroatoms. The van der Waals surface area contributed by atoms with Gasteiger partial charge in [0.15, 0.2) is 12.5 Å². The van der Waals surface area contributed by atoms with Crippen molar-refractivity contribution in [3.8, 4) is 22.0 Å². The predicted molar refractivity (Wildman–Crippen MR) is 184 cm³/mol. The molecule has 4 aromatic rings.